The van der Waals surface area contributed by atoms with Crippen molar-refractivity contribution in [1.29, 1.82) is 0 Å². The molecule has 0 atom stereocenters. The van der Waals surface area contributed by atoms with Gasteiger partial charge in [0.05, 0.1) is 28.7 Å². The molecule has 2 aromatic carbocycles. The van der Waals surface area contributed by atoms with Gasteiger partial charge in [0.1, 0.15) is 18.1 Å². The minimum atomic E-state index is -0.643. The van der Waals surface area contributed by atoms with Crippen molar-refractivity contribution in [2.45, 2.75) is 13.5 Å². The molecule has 1 aromatic heterocycles. The number of ether oxygens (including phenoxy) is 2. The Kier molecular flexibility index (Phi) is 6.15. The zero-order valence-electron chi connectivity index (χ0n) is 16.5. The second-order valence-electron chi connectivity index (χ2n) is 6.41. The van der Waals surface area contributed by atoms with Crippen LogP contribution in [-0.2, 0) is 6.61 Å². The maximum Gasteiger partial charge on any atom is 0.311 e. The molecule has 160 valence electrons. The summed E-state index contributed by atoms with van der Waals surface area (Å²) >= 11 is 0. The number of carbonyl (C=O) groups excluding carboxylic acids is 1. The third-order valence-electron chi connectivity index (χ3n) is 4.16. The molecule has 0 radical (unpaired) electrons. The molecule has 0 saturated heterocycles. The highest BCUT2D eigenvalue weighted by atomic mass is 16.6. The summed E-state index contributed by atoms with van der Waals surface area (Å²) in [5.41, 5.74) is 0.446. The van der Waals surface area contributed by atoms with Gasteiger partial charge in [0.25, 0.3) is 11.6 Å². The Bertz CT molecular complexity index is 1160. The zero-order chi connectivity index (χ0) is 22.5. The lowest BCUT2D eigenvalue weighted by Crippen LogP contribution is -2.11. The first-order chi connectivity index (χ1) is 14.8. The minimum absolute atomic E-state index is 0.0671. The van der Waals surface area contributed by atoms with Gasteiger partial charge in [-0.3, -0.25) is 25.0 Å². The van der Waals surface area contributed by atoms with E-state index >= 15 is 0 Å². The van der Waals surface area contributed by atoms with Gasteiger partial charge in [-0.25, -0.2) is 0 Å². The Morgan fingerprint density at radius 3 is 2.52 bits per heavy atom. The van der Waals surface area contributed by atoms with Crippen LogP contribution in [0.5, 0.6) is 11.5 Å². The molecular formula is C20H17N3O8. The average Bonchev–Trinajstić information content (AvgIpc) is 3.21. The van der Waals surface area contributed by atoms with Gasteiger partial charge in [0.2, 0.25) is 0 Å². The normalized spacial score (nSPS) is 10.4. The highest BCUT2D eigenvalue weighted by Gasteiger charge is 2.18. The molecule has 0 bridgehead atoms. The predicted molar refractivity (Wildman–Crippen MR) is 108 cm³/mol. The fourth-order valence-corrected chi connectivity index (χ4v) is 2.69. The monoisotopic (exact) mass is 427 g/mol. The molecule has 11 heteroatoms. The van der Waals surface area contributed by atoms with Crippen LogP contribution in [0, 0.1) is 27.2 Å². The van der Waals surface area contributed by atoms with Crippen molar-refractivity contribution in [3.05, 3.63) is 85.8 Å². The van der Waals surface area contributed by atoms with Crippen molar-refractivity contribution in [1.82, 2.24) is 0 Å². The van der Waals surface area contributed by atoms with Crippen molar-refractivity contribution in [3.8, 4) is 11.5 Å². The van der Waals surface area contributed by atoms with Crippen LogP contribution in [0.15, 0.2) is 52.9 Å². The molecule has 1 amide bonds. The van der Waals surface area contributed by atoms with E-state index in [0.717, 1.165) is 0 Å². The summed E-state index contributed by atoms with van der Waals surface area (Å²) in [6, 6.07) is 11.3. The second-order valence-corrected chi connectivity index (χ2v) is 6.41. The average molecular weight is 427 g/mol. The van der Waals surface area contributed by atoms with Crippen molar-refractivity contribution in [2.75, 3.05) is 12.4 Å². The SMILES string of the molecule is COc1cc(NC(=O)c2ccc(COc3ccc(C)cc3[N+](=O)[O-])o2)cc([N+](=O)[O-])c1. The molecule has 11 nitrogen and oxygen atoms in total. The lowest BCUT2D eigenvalue weighted by molar-refractivity contribution is -0.386. The van der Waals surface area contributed by atoms with Crippen LogP contribution in [0.25, 0.3) is 0 Å². The molecule has 3 aromatic rings. The van der Waals surface area contributed by atoms with E-state index in [2.05, 4.69) is 5.32 Å². The van der Waals surface area contributed by atoms with E-state index in [1.807, 2.05) is 0 Å². The number of furan rings is 1. The first-order valence-electron chi connectivity index (χ1n) is 8.88. The number of carbonyl (C=O) groups is 1. The topological polar surface area (TPSA) is 147 Å². The zero-order valence-corrected chi connectivity index (χ0v) is 16.5. The lowest BCUT2D eigenvalue weighted by atomic mass is 10.2. The number of hydrogen-bond acceptors (Lipinski definition) is 8. The van der Waals surface area contributed by atoms with Gasteiger partial charge in [-0.2, -0.15) is 0 Å². The van der Waals surface area contributed by atoms with Gasteiger partial charge in [0, 0.05) is 18.2 Å². The highest BCUT2D eigenvalue weighted by molar-refractivity contribution is 6.02. The summed E-state index contributed by atoms with van der Waals surface area (Å²) in [6.07, 6.45) is 0. The van der Waals surface area contributed by atoms with Crippen LogP contribution in [0.2, 0.25) is 0 Å². The van der Waals surface area contributed by atoms with Crippen LogP contribution >= 0.6 is 0 Å². The number of nitrogens with zero attached hydrogens (tertiary/aromatic N) is 2. The first-order valence-corrected chi connectivity index (χ1v) is 8.88. The van der Waals surface area contributed by atoms with Gasteiger partial charge in [-0.1, -0.05) is 6.07 Å². The summed E-state index contributed by atoms with van der Waals surface area (Å²) in [6.45, 7) is 1.59. The first kappa shape index (κ1) is 21.3. The van der Waals surface area contributed by atoms with Crippen molar-refractivity contribution >= 4 is 23.0 Å². The largest absolute Gasteiger partial charge is 0.496 e. The quantitative estimate of drug-likeness (QED) is 0.414. The number of methoxy groups -OCH3 is 1. The minimum Gasteiger partial charge on any atom is -0.496 e. The number of benzene rings is 2. The maximum atomic E-state index is 12.4. The molecule has 1 heterocycles. The molecule has 0 aliphatic carbocycles. The number of nitrogens with one attached hydrogen (secondary N) is 1. The summed E-state index contributed by atoms with van der Waals surface area (Å²) in [5, 5.41) is 24.7. The van der Waals surface area contributed by atoms with Gasteiger partial charge >= 0.3 is 5.69 Å². The molecule has 0 spiro atoms. The molecule has 0 aliphatic heterocycles. The maximum absolute atomic E-state index is 12.4. The Labute approximate surface area is 175 Å². The molecule has 0 saturated carbocycles. The standard InChI is InChI=1S/C20H17N3O8/c1-12-3-5-18(17(7-12)23(27)28)30-11-15-4-6-19(31-15)20(24)21-13-8-14(22(25)26)10-16(9-13)29-2/h3-10H,11H2,1-2H3,(H,21,24). The molecular weight excluding hydrogens is 410 g/mol. The Balaban J connectivity index is 1.70. The van der Waals surface area contributed by atoms with E-state index in [9.17, 15) is 25.0 Å². The number of anilines is 1. The van der Waals surface area contributed by atoms with Crippen LogP contribution < -0.4 is 14.8 Å². The lowest BCUT2D eigenvalue weighted by Gasteiger charge is -2.07. The van der Waals surface area contributed by atoms with Crippen LogP contribution in [0.1, 0.15) is 21.9 Å². The van der Waals surface area contributed by atoms with Gasteiger partial charge in [-0.15, -0.1) is 0 Å². The molecule has 0 unspecified atom stereocenters. The van der Waals surface area contributed by atoms with Crippen molar-refractivity contribution in [3.63, 3.8) is 0 Å². The Morgan fingerprint density at radius 2 is 1.84 bits per heavy atom. The van der Waals surface area contributed by atoms with Gasteiger partial charge in [0.15, 0.2) is 11.5 Å². The third kappa shape index (κ3) is 5.15. The molecule has 31 heavy (non-hydrogen) atoms. The highest BCUT2D eigenvalue weighted by Crippen LogP contribution is 2.29. The van der Waals surface area contributed by atoms with E-state index in [-0.39, 0.29) is 46.7 Å². The number of nitro benzene ring substituents is 2. The fraction of sp³-hybridized carbons (Fsp3) is 0.150. The fourth-order valence-electron chi connectivity index (χ4n) is 2.69. The predicted octanol–water partition coefficient (Wildman–Crippen LogP) is 4.24. The Hall–Kier alpha value is -4.41. The van der Waals surface area contributed by atoms with E-state index < -0.39 is 15.8 Å². The third-order valence-corrected chi connectivity index (χ3v) is 4.16. The summed E-state index contributed by atoms with van der Waals surface area (Å²) in [4.78, 5) is 33.4. The molecule has 0 aliphatic rings. The number of aryl methyl sites for hydroxylation is 1. The van der Waals surface area contributed by atoms with E-state index in [1.165, 1.54) is 49.6 Å². The second kappa shape index (κ2) is 8.95. The summed E-state index contributed by atoms with van der Waals surface area (Å²) < 4.78 is 15.9. The number of nitro groups is 2. The van der Waals surface area contributed by atoms with Gasteiger partial charge < -0.3 is 19.2 Å². The van der Waals surface area contributed by atoms with E-state index in [4.69, 9.17) is 13.9 Å². The van der Waals surface area contributed by atoms with E-state index in [1.54, 1.807) is 13.0 Å². The number of rotatable bonds is 8. The molecule has 1 N–H and O–H groups in total. The summed E-state index contributed by atoms with van der Waals surface area (Å²) in [7, 11) is 1.35. The van der Waals surface area contributed by atoms with Crippen molar-refractivity contribution in [2.24, 2.45) is 0 Å². The summed E-state index contributed by atoms with van der Waals surface area (Å²) in [5.74, 6) is -0.173. The van der Waals surface area contributed by atoms with Crippen LogP contribution in [-0.4, -0.2) is 22.9 Å². The van der Waals surface area contributed by atoms with E-state index in [0.29, 0.717) is 5.56 Å². The number of non-ortho nitro benzene ring substituents is 1. The van der Waals surface area contributed by atoms with Gasteiger partial charge in [-0.05, 0) is 30.7 Å². The van der Waals surface area contributed by atoms with Crippen molar-refractivity contribution < 1.29 is 28.5 Å². The van der Waals surface area contributed by atoms with Crippen LogP contribution in [0.4, 0.5) is 17.1 Å². The smallest absolute Gasteiger partial charge is 0.311 e. The number of amides is 1. The molecule has 3 rings (SSSR count). The molecule has 0 fully saturated rings. The van der Waals surface area contributed by atoms with Crippen LogP contribution in [0.3, 0.4) is 0 Å². The Morgan fingerprint density at radius 1 is 1.06 bits per heavy atom. The number of hydrogen-bond donors (Lipinski definition) is 1.